The number of Topliss-reactive ketones (excluding diaryl/α,β-unsaturated/α-hetero) is 1. The van der Waals surface area contributed by atoms with Crippen molar-refractivity contribution in [3.63, 3.8) is 0 Å². The Morgan fingerprint density at radius 3 is 2.67 bits per heavy atom. The SMILES string of the molecule is COC(=O)CCSC(C)CC(=O)C1C(C)C=CCC1(C)C. The molecule has 0 amide bonds. The molecule has 21 heavy (non-hydrogen) atoms. The van der Waals surface area contributed by atoms with Crippen LogP contribution in [-0.2, 0) is 14.3 Å². The smallest absolute Gasteiger partial charge is 0.306 e. The monoisotopic (exact) mass is 312 g/mol. The van der Waals surface area contributed by atoms with Crippen LogP contribution >= 0.6 is 11.8 Å². The van der Waals surface area contributed by atoms with Crippen molar-refractivity contribution in [2.75, 3.05) is 12.9 Å². The molecule has 3 atom stereocenters. The van der Waals surface area contributed by atoms with Crippen LogP contribution in [0.3, 0.4) is 0 Å². The van der Waals surface area contributed by atoms with Crippen molar-refractivity contribution >= 4 is 23.5 Å². The molecule has 0 aromatic rings. The molecule has 3 nitrogen and oxygen atoms in total. The van der Waals surface area contributed by atoms with Gasteiger partial charge in [0, 0.05) is 23.3 Å². The van der Waals surface area contributed by atoms with Crippen LogP contribution in [-0.4, -0.2) is 29.9 Å². The summed E-state index contributed by atoms with van der Waals surface area (Å²) in [5, 5.41) is 0.246. The molecule has 4 heteroatoms. The number of allylic oxidation sites excluding steroid dienone is 2. The minimum absolute atomic E-state index is 0.0433. The summed E-state index contributed by atoms with van der Waals surface area (Å²) in [5.74, 6) is 1.30. The fourth-order valence-electron chi connectivity index (χ4n) is 3.18. The Bertz CT molecular complexity index is 401. The number of ketones is 1. The molecule has 0 aromatic heterocycles. The van der Waals surface area contributed by atoms with E-state index in [-0.39, 0.29) is 22.6 Å². The third-order valence-electron chi connectivity index (χ3n) is 4.22. The van der Waals surface area contributed by atoms with E-state index in [1.54, 1.807) is 11.8 Å². The number of hydrogen-bond acceptors (Lipinski definition) is 4. The van der Waals surface area contributed by atoms with Crippen LogP contribution in [0.1, 0.15) is 47.0 Å². The number of carbonyl (C=O) groups is 2. The summed E-state index contributed by atoms with van der Waals surface area (Å²) >= 11 is 1.67. The fourth-order valence-corrected chi connectivity index (χ4v) is 4.15. The van der Waals surface area contributed by atoms with Gasteiger partial charge in [-0.2, -0.15) is 11.8 Å². The molecular formula is C17H28O3S. The Morgan fingerprint density at radius 1 is 1.43 bits per heavy atom. The van der Waals surface area contributed by atoms with E-state index in [9.17, 15) is 9.59 Å². The highest BCUT2D eigenvalue weighted by Gasteiger charge is 2.39. The van der Waals surface area contributed by atoms with Crippen molar-refractivity contribution in [3.05, 3.63) is 12.2 Å². The molecule has 0 saturated heterocycles. The first-order valence-corrected chi connectivity index (χ1v) is 8.70. The summed E-state index contributed by atoms with van der Waals surface area (Å²) in [6.07, 6.45) is 6.33. The maximum Gasteiger partial charge on any atom is 0.306 e. The van der Waals surface area contributed by atoms with E-state index in [4.69, 9.17) is 0 Å². The summed E-state index contributed by atoms with van der Waals surface area (Å²) in [4.78, 5) is 23.7. The zero-order chi connectivity index (χ0) is 16.0. The third-order valence-corrected chi connectivity index (χ3v) is 5.40. The maximum atomic E-state index is 12.6. The largest absolute Gasteiger partial charge is 0.469 e. The molecule has 0 aliphatic heterocycles. The van der Waals surface area contributed by atoms with Crippen LogP contribution in [0.15, 0.2) is 12.2 Å². The fraction of sp³-hybridized carbons (Fsp3) is 0.765. The van der Waals surface area contributed by atoms with Gasteiger partial charge in [0.2, 0.25) is 0 Å². The number of rotatable bonds is 7. The molecular weight excluding hydrogens is 284 g/mol. The highest BCUT2D eigenvalue weighted by Crippen LogP contribution is 2.42. The van der Waals surface area contributed by atoms with Gasteiger partial charge in [-0.3, -0.25) is 9.59 Å². The van der Waals surface area contributed by atoms with E-state index >= 15 is 0 Å². The molecule has 0 fully saturated rings. The topological polar surface area (TPSA) is 43.4 Å². The van der Waals surface area contributed by atoms with Gasteiger partial charge >= 0.3 is 5.97 Å². The quantitative estimate of drug-likeness (QED) is 0.529. The van der Waals surface area contributed by atoms with Gasteiger partial charge in [-0.1, -0.05) is 39.8 Å². The zero-order valence-corrected chi connectivity index (χ0v) is 14.7. The van der Waals surface area contributed by atoms with Gasteiger partial charge in [0.05, 0.1) is 13.5 Å². The number of thioether (sulfide) groups is 1. The van der Waals surface area contributed by atoms with Gasteiger partial charge in [-0.05, 0) is 17.8 Å². The van der Waals surface area contributed by atoms with Gasteiger partial charge in [-0.15, -0.1) is 0 Å². The first-order valence-electron chi connectivity index (χ1n) is 7.65. The summed E-state index contributed by atoms with van der Waals surface area (Å²) in [5.41, 5.74) is 0.0433. The zero-order valence-electron chi connectivity index (χ0n) is 13.8. The standard InChI is InChI=1S/C17H28O3S/c1-12-7-6-9-17(3,4)16(12)14(18)11-13(2)21-10-8-15(19)20-5/h6-7,12-13,16H,8-11H2,1-5H3. The van der Waals surface area contributed by atoms with Crippen molar-refractivity contribution in [1.82, 2.24) is 0 Å². The molecule has 0 aromatic carbocycles. The van der Waals surface area contributed by atoms with Crippen molar-refractivity contribution in [2.24, 2.45) is 17.3 Å². The summed E-state index contributed by atoms with van der Waals surface area (Å²) in [7, 11) is 1.40. The highest BCUT2D eigenvalue weighted by molar-refractivity contribution is 7.99. The molecule has 120 valence electrons. The van der Waals surface area contributed by atoms with Gasteiger partial charge in [0.1, 0.15) is 5.78 Å². The van der Waals surface area contributed by atoms with Gasteiger partial charge in [0.15, 0.2) is 0 Å². The van der Waals surface area contributed by atoms with E-state index in [1.165, 1.54) is 7.11 Å². The lowest BCUT2D eigenvalue weighted by Gasteiger charge is -2.39. The second-order valence-corrected chi connectivity index (χ2v) is 8.18. The van der Waals surface area contributed by atoms with E-state index in [0.717, 1.165) is 6.42 Å². The Hall–Kier alpha value is -0.770. The predicted molar refractivity (Wildman–Crippen MR) is 88.4 cm³/mol. The van der Waals surface area contributed by atoms with Crippen LogP contribution in [0, 0.1) is 17.3 Å². The van der Waals surface area contributed by atoms with Crippen LogP contribution in [0.5, 0.6) is 0 Å². The van der Waals surface area contributed by atoms with Crippen molar-refractivity contribution in [3.8, 4) is 0 Å². The van der Waals surface area contributed by atoms with Crippen LogP contribution < -0.4 is 0 Å². The van der Waals surface area contributed by atoms with Gasteiger partial charge < -0.3 is 4.74 Å². The molecule has 3 unspecified atom stereocenters. The normalized spacial score (nSPS) is 25.4. The molecule has 1 aliphatic rings. The Morgan fingerprint density at radius 2 is 2.10 bits per heavy atom. The summed E-state index contributed by atoms with van der Waals surface area (Å²) < 4.78 is 4.62. The van der Waals surface area contributed by atoms with Gasteiger partial charge in [-0.25, -0.2) is 0 Å². The maximum absolute atomic E-state index is 12.6. The molecule has 0 spiro atoms. The van der Waals surface area contributed by atoms with Crippen LogP contribution in [0.2, 0.25) is 0 Å². The molecule has 1 rings (SSSR count). The number of carbonyl (C=O) groups excluding carboxylic acids is 2. The van der Waals surface area contributed by atoms with Crippen molar-refractivity contribution in [1.29, 1.82) is 0 Å². The van der Waals surface area contributed by atoms with Crippen LogP contribution in [0.25, 0.3) is 0 Å². The number of methoxy groups -OCH3 is 1. The minimum atomic E-state index is -0.187. The number of ether oxygens (including phenoxy) is 1. The molecule has 0 heterocycles. The Labute approximate surface area is 132 Å². The average Bonchev–Trinajstić information content (AvgIpc) is 2.36. The van der Waals surface area contributed by atoms with Crippen LogP contribution in [0.4, 0.5) is 0 Å². The molecule has 0 N–H and O–H groups in total. The second-order valence-electron chi connectivity index (χ2n) is 6.64. The predicted octanol–water partition coefficient (Wildman–Crippen LogP) is 3.87. The summed E-state index contributed by atoms with van der Waals surface area (Å²) in [6.45, 7) is 8.57. The van der Waals surface area contributed by atoms with Crippen molar-refractivity contribution in [2.45, 2.75) is 52.2 Å². The minimum Gasteiger partial charge on any atom is -0.469 e. The number of hydrogen-bond donors (Lipinski definition) is 0. The lowest BCUT2D eigenvalue weighted by atomic mass is 9.65. The van der Waals surface area contributed by atoms with E-state index in [0.29, 0.717) is 30.3 Å². The summed E-state index contributed by atoms with van der Waals surface area (Å²) in [6, 6.07) is 0. The number of esters is 1. The van der Waals surface area contributed by atoms with Crippen molar-refractivity contribution < 1.29 is 14.3 Å². The first kappa shape index (κ1) is 18.3. The van der Waals surface area contributed by atoms with E-state index in [1.807, 2.05) is 0 Å². The first-order chi connectivity index (χ1) is 9.77. The molecule has 1 aliphatic carbocycles. The average molecular weight is 312 g/mol. The van der Waals surface area contributed by atoms with Gasteiger partial charge in [0.25, 0.3) is 0 Å². The lowest BCUT2D eigenvalue weighted by molar-refractivity contribution is -0.140. The molecule has 0 saturated carbocycles. The lowest BCUT2D eigenvalue weighted by Crippen LogP contribution is -2.38. The highest BCUT2D eigenvalue weighted by atomic mass is 32.2. The third kappa shape index (κ3) is 5.50. The second kappa shape index (κ2) is 8.02. The van der Waals surface area contributed by atoms with E-state index < -0.39 is 0 Å². The van der Waals surface area contributed by atoms with E-state index in [2.05, 4.69) is 44.6 Å². The molecule has 0 radical (unpaired) electrons. The Balaban J connectivity index is 2.48. The Kier molecular flexibility index (Phi) is 6.98. The molecule has 0 bridgehead atoms.